The number of rotatable bonds is 7. The first-order valence-electron chi connectivity index (χ1n) is 11.7. The van der Waals surface area contributed by atoms with Crippen LogP contribution in [0.4, 0.5) is 17.6 Å². The molecule has 3 saturated carbocycles. The summed E-state index contributed by atoms with van der Waals surface area (Å²) >= 11 is 0. The second kappa shape index (κ2) is 10.1. The second-order valence-electron chi connectivity index (χ2n) is 9.68. The van der Waals surface area contributed by atoms with E-state index in [2.05, 4.69) is 10.6 Å². The molecule has 3 aliphatic carbocycles. The molecule has 3 rings (SSSR count). The van der Waals surface area contributed by atoms with Crippen molar-refractivity contribution in [2.45, 2.75) is 100 Å². The van der Waals surface area contributed by atoms with Gasteiger partial charge in [-0.15, -0.1) is 0 Å². The Bertz CT molecular complexity index is 827. The SMILES string of the molecule is O=C(NC1CCCCC1)[C@H]1CC(C(F)(F)C(F)(F)S(=O)(=O)O)[C@@H](C(=O)NC2CCCCC2)C1. The fourth-order valence-corrected chi connectivity index (χ4v) is 5.95. The average Bonchev–Trinajstić information content (AvgIpc) is 3.21. The number of carbonyl (C=O) groups is 2. The molecule has 1 unspecified atom stereocenters. The van der Waals surface area contributed by atoms with Gasteiger partial charge in [0.2, 0.25) is 11.8 Å². The van der Waals surface area contributed by atoms with Gasteiger partial charge in [0.05, 0.1) is 0 Å². The highest BCUT2D eigenvalue weighted by molar-refractivity contribution is 7.87. The number of nitrogens with one attached hydrogen (secondary N) is 2. The number of hydrogen-bond acceptors (Lipinski definition) is 4. The van der Waals surface area contributed by atoms with E-state index in [1.807, 2.05) is 0 Å². The van der Waals surface area contributed by atoms with Crippen LogP contribution in [-0.2, 0) is 19.7 Å². The highest BCUT2D eigenvalue weighted by Gasteiger charge is 2.72. The van der Waals surface area contributed by atoms with E-state index in [-0.39, 0.29) is 18.5 Å². The van der Waals surface area contributed by atoms with Gasteiger partial charge in [-0.2, -0.15) is 26.0 Å². The summed E-state index contributed by atoms with van der Waals surface area (Å²) in [5.41, 5.74) is 0. The molecule has 3 atom stereocenters. The predicted octanol–water partition coefficient (Wildman–Crippen LogP) is 3.64. The zero-order valence-corrected chi connectivity index (χ0v) is 19.2. The molecule has 0 radical (unpaired) electrons. The summed E-state index contributed by atoms with van der Waals surface area (Å²) in [6.07, 6.45) is 7.03. The van der Waals surface area contributed by atoms with Crippen LogP contribution in [0, 0.1) is 17.8 Å². The fraction of sp³-hybridized carbons (Fsp3) is 0.905. The standard InChI is InChI=1S/C21H32F4N2O5S/c22-20(23,21(24,25)33(30,31)32)17-12-13(18(28)26-14-7-3-1-4-8-14)11-16(17)19(29)27-15-9-5-2-6-10-15/h13-17H,1-12H2,(H,26,28)(H,27,29)(H,30,31,32)/t13-,16+,17?/m1/s1. The smallest absolute Gasteiger partial charge is 0.353 e. The molecule has 0 aliphatic heterocycles. The van der Waals surface area contributed by atoms with Gasteiger partial charge >= 0.3 is 21.3 Å². The van der Waals surface area contributed by atoms with Gasteiger partial charge in [-0.25, -0.2) is 0 Å². The summed E-state index contributed by atoms with van der Waals surface area (Å²) in [5.74, 6) is -12.0. The van der Waals surface area contributed by atoms with Gasteiger partial charge in [-0.05, 0) is 38.5 Å². The molecule has 3 fully saturated rings. The van der Waals surface area contributed by atoms with Crippen LogP contribution in [0.2, 0.25) is 0 Å². The predicted molar refractivity (Wildman–Crippen MR) is 111 cm³/mol. The van der Waals surface area contributed by atoms with Crippen molar-refractivity contribution >= 4 is 21.9 Å². The molecule has 0 heterocycles. The maximum atomic E-state index is 14.9. The largest absolute Gasteiger partial charge is 0.431 e. The van der Waals surface area contributed by atoms with Gasteiger partial charge in [0, 0.05) is 29.8 Å². The van der Waals surface area contributed by atoms with E-state index in [0.717, 1.165) is 51.4 Å². The minimum Gasteiger partial charge on any atom is -0.353 e. The maximum Gasteiger partial charge on any atom is 0.431 e. The summed E-state index contributed by atoms with van der Waals surface area (Å²) in [6.45, 7) is 0. The Labute approximate surface area is 191 Å². The molecule has 0 spiro atoms. The number of carbonyl (C=O) groups excluding carboxylic acids is 2. The van der Waals surface area contributed by atoms with Crippen LogP contribution in [0.3, 0.4) is 0 Å². The van der Waals surface area contributed by atoms with Crippen LogP contribution in [0.5, 0.6) is 0 Å². The van der Waals surface area contributed by atoms with Crippen molar-refractivity contribution in [2.24, 2.45) is 17.8 Å². The lowest BCUT2D eigenvalue weighted by atomic mass is 9.88. The van der Waals surface area contributed by atoms with Gasteiger partial charge in [0.1, 0.15) is 0 Å². The summed E-state index contributed by atoms with van der Waals surface area (Å²) < 4.78 is 89.0. The molecule has 12 heteroatoms. The number of halogens is 4. The van der Waals surface area contributed by atoms with Gasteiger partial charge in [0.25, 0.3) is 0 Å². The summed E-state index contributed by atoms with van der Waals surface area (Å²) in [6, 6.07) is -0.419. The monoisotopic (exact) mass is 500 g/mol. The lowest BCUT2D eigenvalue weighted by molar-refractivity contribution is -0.201. The first-order valence-corrected chi connectivity index (χ1v) is 13.1. The molecule has 0 aromatic heterocycles. The fourth-order valence-electron chi connectivity index (χ4n) is 5.45. The highest BCUT2D eigenvalue weighted by atomic mass is 32.2. The van der Waals surface area contributed by atoms with Crippen LogP contribution in [0.1, 0.15) is 77.0 Å². The summed E-state index contributed by atoms with van der Waals surface area (Å²) in [7, 11) is -6.45. The Morgan fingerprint density at radius 2 is 1.21 bits per heavy atom. The van der Waals surface area contributed by atoms with Gasteiger partial charge in [0.15, 0.2) is 0 Å². The number of alkyl halides is 4. The molecule has 3 N–H and O–H groups in total. The van der Waals surface area contributed by atoms with Crippen molar-refractivity contribution in [3.8, 4) is 0 Å². The molecular formula is C21H32F4N2O5S. The van der Waals surface area contributed by atoms with Crippen molar-refractivity contribution in [1.82, 2.24) is 10.6 Å². The van der Waals surface area contributed by atoms with Gasteiger partial charge in [-0.3, -0.25) is 14.1 Å². The van der Waals surface area contributed by atoms with E-state index < -0.39 is 57.3 Å². The highest BCUT2D eigenvalue weighted by Crippen LogP contribution is 2.53. The third-order valence-electron chi connectivity index (χ3n) is 7.35. The Kier molecular flexibility index (Phi) is 7.97. The molecule has 0 aromatic carbocycles. The first-order chi connectivity index (χ1) is 15.3. The third kappa shape index (κ3) is 5.63. The molecule has 0 aromatic rings. The van der Waals surface area contributed by atoms with E-state index in [4.69, 9.17) is 4.55 Å². The van der Waals surface area contributed by atoms with Crippen LogP contribution >= 0.6 is 0 Å². The van der Waals surface area contributed by atoms with Crippen molar-refractivity contribution < 1.29 is 40.1 Å². The van der Waals surface area contributed by atoms with Crippen molar-refractivity contribution in [1.29, 1.82) is 0 Å². The lowest BCUT2D eigenvalue weighted by Gasteiger charge is -2.33. The first kappa shape index (κ1) is 26.2. The minimum atomic E-state index is -6.45. The second-order valence-corrected chi connectivity index (χ2v) is 11.1. The molecule has 0 bridgehead atoms. The molecular weight excluding hydrogens is 468 g/mol. The Hall–Kier alpha value is -1.43. The van der Waals surface area contributed by atoms with Crippen LogP contribution in [0.25, 0.3) is 0 Å². The van der Waals surface area contributed by atoms with Crippen LogP contribution in [-0.4, -0.2) is 48.0 Å². The Morgan fingerprint density at radius 3 is 1.67 bits per heavy atom. The third-order valence-corrected chi connectivity index (χ3v) is 8.27. The number of amides is 2. The van der Waals surface area contributed by atoms with Crippen molar-refractivity contribution in [3.63, 3.8) is 0 Å². The molecule has 7 nitrogen and oxygen atoms in total. The van der Waals surface area contributed by atoms with E-state index in [9.17, 15) is 35.6 Å². The van der Waals surface area contributed by atoms with Gasteiger partial charge in [-0.1, -0.05) is 38.5 Å². The number of hydrogen-bond donors (Lipinski definition) is 3. The minimum absolute atomic E-state index is 0.139. The van der Waals surface area contributed by atoms with Crippen molar-refractivity contribution in [3.05, 3.63) is 0 Å². The van der Waals surface area contributed by atoms with Crippen LogP contribution < -0.4 is 10.6 Å². The molecule has 33 heavy (non-hydrogen) atoms. The normalized spacial score (nSPS) is 28.5. The van der Waals surface area contributed by atoms with Crippen molar-refractivity contribution in [2.75, 3.05) is 0 Å². The quantitative estimate of drug-likeness (QED) is 0.365. The van der Waals surface area contributed by atoms with E-state index in [0.29, 0.717) is 12.8 Å². The molecule has 0 saturated heterocycles. The topological polar surface area (TPSA) is 113 Å². The van der Waals surface area contributed by atoms with E-state index in [1.165, 1.54) is 0 Å². The zero-order valence-electron chi connectivity index (χ0n) is 18.4. The summed E-state index contributed by atoms with van der Waals surface area (Å²) in [4.78, 5) is 25.6. The average molecular weight is 501 g/mol. The van der Waals surface area contributed by atoms with Gasteiger partial charge < -0.3 is 10.6 Å². The Balaban J connectivity index is 1.81. The maximum absolute atomic E-state index is 14.9. The molecule has 2 amide bonds. The Morgan fingerprint density at radius 1 is 0.758 bits per heavy atom. The van der Waals surface area contributed by atoms with E-state index in [1.54, 1.807) is 0 Å². The molecule has 3 aliphatic rings. The lowest BCUT2D eigenvalue weighted by Crippen LogP contribution is -2.54. The van der Waals surface area contributed by atoms with E-state index >= 15 is 0 Å². The summed E-state index contributed by atoms with van der Waals surface area (Å²) in [5, 5.41) is -0.384. The molecule has 190 valence electrons. The zero-order chi connectivity index (χ0) is 24.4. The van der Waals surface area contributed by atoms with Crippen LogP contribution in [0.15, 0.2) is 0 Å².